The fourth-order valence-electron chi connectivity index (χ4n) is 3.41. The van der Waals surface area contributed by atoms with Crippen LogP contribution in [0, 0.1) is 11.3 Å². The molecule has 2 aliphatic rings. The maximum atomic E-state index is 12.2. The van der Waals surface area contributed by atoms with Crippen LogP contribution in [0.1, 0.15) is 24.0 Å². The van der Waals surface area contributed by atoms with Crippen molar-refractivity contribution in [1.82, 2.24) is 5.32 Å². The number of carbonyl (C=O) groups excluding carboxylic acids is 2. The molecule has 0 bridgehead atoms. The molecule has 1 aliphatic heterocycles. The summed E-state index contributed by atoms with van der Waals surface area (Å²) in [4.78, 5) is 23.9. The molecule has 1 atom stereocenters. The van der Waals surface area contributed by atoms with Gasteiger partial charge in [-0.25, -0.2) is 0 Å². The van der Waals surface area contributed by atoms with Crippen molar-refractivity contribution >= 4 is 23.6 Å². The predicted molar refractivity (Wildman–Crippen MR) is 84.3 cm³/mol. The van der Waals surface area contributed by atoms with Crippen molar-refractivity contribution in [2.75, 3.05) is 18.1 Å². The molecule has 1 unspecified atom stereocenters. The zero-order valence-corrected chi connectivity index (χ0v) is 16.3. The summed E-state index contributed by atoms with van der Waals surface area (Å²) in [5.41, 5.74) is 0.955. The Bertz CT molecular complexity index is 562. The minimum Gasteiger partial charge on any atom is -0.550 e. The average Bonchev–Trinajstić information content (AvgIpc) is 3.12. The van der Waals surface area contributed by atoms with Crippen molar-refractivity contribution in [1.29, 1.82) is 0 Å². The Balaban J connectivity index is 0.00000192. The number of thioether (sulfide) groups is 1. The fraction of sp³-hybridized carbons (Fsp3) is 0.529. The molecule has 118 valence electrons. The molecule has 1 saturated heterocycles. The standard InChI is InChI=1S/C17H21NO3S.Na/c19-15(18-10-12-5-6-22-11-12)9-17(16(20)21)7-13-3-1-2-4-14(13)8-17;/h1-4,12H,5-11H2,(H,18,19)(H,20,21);/q;+1/p-1. The largest absolute Gasteiger partial charge is 1.00 e. The Morgan fingerprint density at radius 3 is 2.43 bits per heavy atom. The first kappa shape index (κ1) is 18.8. The Kier molecular flexibility index (Phi) is 6.60. The van der Waals surface area contributed by atoms with E-state index < -0.39 is 11.4 Å². The molecule has 6 heteroatoms. The van der Waals surface area contributed by atoms with Gasteiger partial charge in [0.15, 0.2) is 0 Å². The molecule has 0 aromatic heterocycles. The maximum Gasteiger partial charge on any atom is 1.00 e. The van der Waals surface area contributed by atoms with E-state index in [9.17, 15) is 14.7 Å². The normalized spacial score (nSPS) is 21.3. The van der Waals surface area contributed by atoms with Crippen molar-refractivity contribution in [3.05, 3.63) is 35.4 Å². The fourth-order valence-corrected chi connectivity index (χ4v) is 4.69. The van der Waals surface area contributed by atoms with E-state index in [0.29, 0.717) is 25.3 Å². The van der Waals surface area contributed by atoms with Crippen molar-refractivity contribution in [2.45, 2.75) is 25.7 Å². The molecule has 1 aliphatic carbocycles. The van der Waals surface area contributed by atoms with Gasteiger partial charge in [0, 0.05) is 24.3 Å². The molecule has 23 heavy (non-hydrogen) atoms. The van der Waals surface area contributed by atoms with Gasteiger partial charge in [-0.3, -0.25) is 4.79 Å². The van der Waals surface area contributed by atoms with Gasteiger partial charge in [-0.05, 0) is 47.8 Å². The SMILES string of the molecule is O=C(CC1(C(=O)[O-])Cc2ccccc2C1)NCC1CCSC1.[Na+]. The molecule has 1 aromatic carbocycles. The van der Waals surface area contributed by atoms with Gasteiger partial charge in [-0.1, -0.05) is 24.3 Å². The first-order chi connectivity index (χ1) is 10.6. The van der Waals surface area contributed by atoms with Crippen LogP contribution in [-0.4, -0.2) is 29.9 Å². The molecule has 1 fully saturated rings. The van der Waals surface area contributed by atoms with E-state index in [1.54, 1.807) is 0 Å². The Labute approximate surface area is 163 Å². The van der Waals surface area contributed by atoms with E-state index in [4.69, 9.17) is 0 Å². The Morgan fingerprint density at radius 1 is 1.26 bits per heavy atom. The maximum absolute atomic E-state index is 12.2. The number of rotatable bonds is 5. The second-order valence-corrected chi connectivity index (χ2v) is 7.55. The number of benzene rings is 1. The van der Waals surface area contributed by atoms with Gasteiger partial charge in [0.1, 0.15) is 0 Å². The summed E-state index contributed by atoms with van der Waals surface area (Å²) in [7, 11) is 0. The molecule has 1 amide bonds. The van der Waals surface area contributed by atoms with Gasteiger partial charge in [0.05, 0.1) is 0 Å². The average molecular weight is 341 g/mol. The molecule has 0 saturated carbocycles. The van der Waals surface area contributed by atoms with Crippen LogP contribution in [0.15, 0.2) is 24.3 Å². The zero-order chi connectivity index (χ0) is 15.6. The van der Waals surface area contributed by atoms with Gasteiger partial charge in [0.25, 0.3) is 0 Å². The van der Waals surface area contributed by atoms with Crippen LogP contribution in [0.5, 0.6) is 0 Å². The molecule has 0 spiro atoms. The van der Waals surface area contributed by atoms with Crippen molar-refractivity contribution in [2.24, 2.45) is 11.3 Å². The number of nitrogens with one attached hydrogen (secondary N) is 1. The monoisotopic (exact) mass is 341 g/mol. The summed E-state index contributed by atoms with van der Waals surface area (Å²) in [5.74, 6) is 1.47. The Morgan fingerprint density at radius 2 is 1.91 bits per heavy atom. The third-order valence-corrected chi connectivity index (χ3v) is 5.95. The molecule has 3 rings (SSSR count). The molecule has 0 radical (unpaired) electrons. The molecule has 4 nitrogen and oxygen atoms in total. The summed E-state index contributed by atoms with van der Waals surface area (Å²) >= 11 is 1.91. The third kappa shape index (κ3) is 4.32. The van der Waals surface area contributed by atoms with E-state index in [2.05, 4.69) is 5.32 Å². The zero-order valence-electron chi connectivity index (χ0n) is 13.5. The summed E-state index contributed by atoms with van der Waals surface area (Å²) in [6.45, 7) is 0.655. The Hall–Kier alpha value is -0.490. The molecular weight excluding hydrogens is 321 g/mol. The van der Waals surface area contributed by atoms with Gasteiger partial charge in [-0.15, -0.1) is 0 Å². The minimum absolute atomic E-state index is 0. The number of hydrogen-bond acceptors (Lipinski definition) is 4. The second kappa shape index (κ2) is 8.06. The van der Waals surface area contributed by atoms with Crippen LogP contribution < -0.4 is 40.0 Å². The molecular formula is C17H20NNaO3S. The van der Waals surface area contributed by atoms with Crippen molar-refractivity contribution in [3.63, 3.8) is 0 Å². The van der Waals surface area contributed by atoms with E-state index in [1.165, 1.54) is 0 Å². The number of carboxylic acids is 1. The number of hydrogen-bond donors (Lipinski definition) is 1. The third-order valence-electron chi connectivity index (χ3n) is 4.72. The smallest absolute Gasteiger partial charge is 0.550 e. The van der Waals surface area contributed by atoms with Gasteiger partial charge in [-0.2, -0.15) is 11.8 Å². The summed E-state index contributed by atoms with van der Waals surface area (Å²) in [6, 6.07) is 7.69. The van der Waals surface area contributed by atoms with Crippen LogP contribution in [0.3, 0.4) is 0 Å². The summed E-state index contributed by atoms with van der Waals surface area (Å²) in [5, 5.41) is 14.6. The molecule has 1 aromatic rings. The minimum atomic E-state index is -1.12. The number of carbonyl (C=O) groups is 2. The number of fused-ring (bicyclic) bond motifs is 1. The van der Waals surface area contributed by atoms with E-state index in [-0.39, 0.29) is 41.9 Å². The van der Waals surface area contributed by atoms with Crippen LogP contribution in [0.2, 0.25) is 0 Å². The van der Waals surface area contributed by atoms with E-state index in [1.807, 2.05) is 36.0 Å². The van der Waals surface area contributed by atoms with Crippen LogP contribution >= 0.6 is 11.8 Å². The summed E-state index contributed by atoms with van der Waals surface area (Å²) in [6.07, 6.45) is 1.91. The van der Waals surface area contributed by atoms with Crippen molar-refractivity contribution < 1.29 is 44.3 Å². The number of amides is 1. The predicted octanol–water partition coefficient (Wildman–Crippen LogP) is -2.22. The van der Waals surface area contributed by atoms with Crippen LogP contribution in [0.25, 0.3) is 0 Å². The molecule has 1 heterocycles. The van der Waals surface area contributed by atoms with Gasteiger partial charge >= 0.3 is 29.6 Å². The summed E-state index contributed by atoms with van der Waals surface area (Å²) < 4.78 is 0. The first-order valence-electron chi connectivity index (χ1n) is 7.72. The first-order valence-corrected chi connectivity index (χ1v) is 8.87. The second-order valence-electron chi connectivity index (χ2n) is 6.40. The van der Waals surface area contributed by atoms with Gasteiger partial charge in [0.2, 0.25) is 5.91 Å². The van der Waals surface area contributed by atoms with Crippen LogP contribution in [-0.2, 0) is 22.4 Å². The van der Waals surface area contributed by atoms with E-state index >= 15 is 0 Å². The van der Waals surface area contributed by atoms with Gasteiger partial charge < -0.3 is 15.2 Å². The molecule has 1 N–H and O–H groups in total. The van der Waals surface area contributed by atoms with Crippen LogP contribution in [0.4, 0.5) is 0 Å². The number of aliphatic carboxylic acids is 1. The number of carboxylic acid groups (broad SMARTS) is 1. The van der Waals surface area contributed by atoms with E-state index in [0.717, 1.165) is 29.1 Å². The quantitative estimate of drug-likeness (QED) is 0.617. The van der Waals surface area contributed by atoms with Crippen molar-refractivity contribution in [3.8, 4) is 0 Å². The topological polar surface area (TPSA) is 69.2 Å².